The second-order valence-corrected chi connectivity index (χ2v) is 6.46. The van der Waals surface area contributed by atoms with Crippen LogP contribution in [0.25, 0.3) is 11.0 Å². The van der Waals surface area contributed by atoms with Crippen LogP contribution in [0.3, 0.4) is 0 Å². The fraction of sp³-hybridized carbons (Fsp3) is 0.286. The van der Waals surface area contributed by atoms with Gasteiger partial charge in [0, 0.05) is 11.8 Å². The molecular formula is C21H23NO3. The fourth-order valence-electron chi connectivity index (χ4n) is 2.82. The van der Waals surface area contributed by atoms with E-state index in [2.05, 4.69) is 5.32 Å². The van der Waals surface area contributed by atoms with E-state index in [1.54, 1.807) is 0 Å². The van der Waals surface area contributed by atoms with E-state index in [0.717, 1.165) is 16.5 Å². The molecule has 25 heavy (non-hydrogen) atoms. The zero-order valence-electron chi connectivity index (χ0n) is 14.5. The van der Waals surface area contributed by atoms with Gasteiger partial charge in [-0.15, -0.1) is 0 Å². The molecule has 0 saturated heterocycles. The van der Waals surface area contributed by atoms with Crippen LogP contribution in [0.15, 0.2) is 65.1 Å². The molecule has 2 N–H and O–H groups in total. The highest BCUT2D eigenvalue weighted by molar-refractivity contribution is 5.85. The molecule has 130 valence electrons. The van der Waals surface area contributed by atoms with Crippen molar-refractivity contribution in [2.75, 3.05) is 0 Å². The summed E-state index contributed by atoms with van der Waals surface area (Å²) in [6.45, 7) is 3.63. The highest BCUT2D eigenvalue weighted by Crippen LogP contribution is 2.25. The zero-order chi connectivity index (χ0) is 17.8. The van der Waals surface area contributed by atoms with Gasteiger partial charge in [0.2, 0.25) is 5.91 Å². The number of rotatable bonds is 6. The molecule has 0 aliphatic rings. The minimum atomic E-state index is -0.644. The molecule has 3 atom stereocenters. The number of para-hydroxylation sites is 1. The molecule has 4 heteroatoms. The van der Waals surface area contributed by atoms with Gasteiger partial charge in [0.15, 0.2) is 0 Å². The standard InChI is InChI=1S/C21H23NO3/c1-14(20-13-17-10-6-7-11-19(17)25-20)21(24)22-15(2)18(23)12-16-8-4-3-5-9-16/h3-11,13-15,18,23H,12H2,1-2H3,(H,22,24). The largest absolute Gasteiger partial charge is 0.460 e. The van der Waals surface area contributed by atoms with Gasteiger partial charge < -0.3 is 14.8 Å². The normalized spacial score (nSPS) is 14.8. The Bertz CT molecular complexity index is 807. The van der Waals surface area contributed by atoms with Crippen LogP contribution < -0.4 is 5.32 Å². The molecule has 0 aliphatic heterocycles. The third-order valence-corrected chi connectivity index (χ3v) is 4.50. The summed E-state index contributed by atoms with van der Waals surface area (Å²) in [5.74, 6) is 0.0564. The number of hydrogen-bond donors (Lipinski definition) is 2. The minimum Gasteiger partial charge on any atom is -0.460 e. The monoisotopic (exact) mass is 337 g/mol. The van der Waals surface area contributed by atoms with Crippen molar-refractivity contribution in [2.45, 2.75) is 38.3 Å². The third kappa shape index (κ3) is 4.09. The van der Waals surface area contributed by atoms with Crippen molar-refractivity contribution >= 4 is 16.9 Å². The van der Waals surface area contributed by atoms with Crippen molar-refractivity contribution in [1.82, 2.24) is 5.32 Å². The predicted molar refractivity (Wildman–Crippen MR) is 98.4 cm³/mol. The van der Waals surface area contributed by atoms with Crippen LogP contribution in [0.4, 0.5) is 0 Å². The SMILES string of the molecule is CC(C(=O)NC(C)C(O)Cc1ccccc1)c1cc2ccccc2o1. The van der Waals surface area contributed by atoms with Gasteiger partial charge in [0.1, 0.15) is 11.3 Å². The number of aliphatic hydroxyl groups excluding tert-OH is 1. The van der Waals surface area contributed by atoms with Crippen LogP contribution in [0.2, 0.25) is 0 Å². The van der Waals surface area contributed by atoms with Crippen molar-refractivity contribution in [3.8, 4) is 0 Å². The van der Waals surface area contributed by atoms with Crippen LogP contribution in [-0.2, 0) is 11.2 Å². The van der Waals surface area contributed by atoms with Crippen molar-refractivity contribution in [2.24, 2.45) is 0 Å². The summed E-state index contributed by atoms with van der Waals surface area (Å²) in [5, 5.41) is 14.2. The first-order valence-electron chi connectivity index (χ1n) is 8.55. The maximum Gasteiger partial charge on any atom is 0.230 e. The van der Waals surface area contributed by atoms with Crippen molar-refractivity contribution in [3.05, 3.63) is 72.0 Å². The fourth-order valence-corrected chi connectivity index (χ4v) is 2.82. The molecule has 1 heterocycles. The highest BCUT2D eigenvalue weighted by Gasteiger charge is 2.23. The molecule has 1 aromatic heterocycles. The predicted octanol–water partition coefficient (Wildman–Crippen LogP) is 3.64. The average Bonchev–Trinajstić information content (AvgIpc) is 3.05. The van der Waals surface area contributed by atoms with E-state index >= 15 is 0 Å². The Labute approximate surface area is 147 Å². The topological polar surface area (TPSA) is 62.5 Å². The van der Waals surface area contributed by atoms with E-state index in [-0.39, 0.29) is 11.9 Å². The van der Waals surface area contributed by atoms with Gasteiger partial charge in [0.05, 0.1) is 18.1 Å². The first-order valence-corrected chi connectivity index (χ1v) is 8.55. The summed E-state index contributed by atoms with van der Waals surface area (Å²) < 4.78 is 5.77. The summed E-state index contributed by atoms with van der Waals surface area (Å²) in [4.78, 5) is 12.5. The highest BCUT2D eigenvalue weighted by atomic mass is 16.3. The zero-order valence-corrected chi connectivity index (χ0v) is 14.5. The molecule has 3 unspecified atom stereocenters. The van der Waals surface area contributed by atoms with E-state index in [0.29, 0.717) is 12.2 Å². The summed E-state index contributed by atoms with van der Waals surface area (Å²) in [7, 11) is 0. The van der Waals surface area contributed by atoms with Crippen molar-refractivity contribution in [3.63, 3.8) is 0 Å². The third-order valence-electron chi connectivity index (χ3n) is 4.50. The van der Waals surface area contributed by atoms with Gasteiger partial charge in [-0.05, 0) is 31.5 Å². The van der Waals surface area contributed by atoms with Crippen LogP contribution in [0, 0.1) is 0 Å². The molecule has 0 radical (unpaired) electrons. The summed E-state index contributed by atoms with van der Waals surface area (Å²) in [6, 6.07) is 19.0. The number of carbonyl (C=O) groups is 1. The number of amides is 1. The summed E-state index contributed by atoms with van der Waals surface area (Å²) in [6.07, 6.45) is -0.143. The number of fused-ring (bicyclic) bond motifs is 1. The minimum absolute atomic E-state index is 0.154. The molecule has 0 fully saturated rings. The number of carbonyl (C=O) groups excluding carboxylic acids is 1. The van der Waals surface area contributed by atoms with Gasteiger partial charge in [0.25, 0.3) is 0 Å². The molecule has 1 amide bonds. The molecule has 3 aromatic rings. The first kappa shape index (κ1) is 17.2. The lowest BCUT2D eigenvalue weighted by Gasteiger charge is -2.22. The van der Waals surface area contributed by atoms with E-state index < -0.39 is 12.0 Å². The molecule has 0 spiro atoms. The van der Waals surface area contributed by atoms with E-state index in [1.165, 1.54) is 0 Å². The van der Waals surface area contributed by atoms with E-state index in [9.17, 15) is 9.90 Å². The first-order chi connectivity index (χ1) is 12.0. The number of benzene rings is 2. The van der Waals surface area contributed by atoms with E-state index in [4.69, 9.17) is 4.42 Å². The number of nitrogens with one attached hydrogen (secondary N) is 1. The Kier molecular flexibility index (Phi) is 5.19. The van der Waals surface area contributed by atoms with Gasteiger partial charge in [-0.2, -0.15) is 0 Å². The lowest BCUT2D eigenvalue weighted by atomic mass is 10.0. The Morgan fingerprint density at radius 2 is 1.76 bits per heavy atom. The molecule has 2 aromatic carbocycles. The van der Waals surface area contributed by atoms with Gasteiger partial charge in [-0.1, -0.05) is 48.5 Å². The van der Waals surface area contributed by atoms with E-state index in [1.807, 2.05) is 74.5 Å². The average molecular weight is 337 g/mol. The smallest absolute Gasteiger partial charge is 0.230 e. The lowest BCUT2D eigenvalue weighted by Crippen LogP contribution is -2.43. The number of furan rings is 1. The number of hydrogen-bond acceptors (Lipinski definition) is 3. The Morgan fingerprint density at radius 3 is 2.48 bits per heavy atom. The molecule has 4 nitrogen and oxygen atoms in total. The maximum absolute atomic E-state index is 12.5. The van der Waals surface area contributed by atoms with Crippen molar-refractivity contribution in [1.29, 1.82) is 0 Å². The molecule has 0 aliphatic carbocycles. The summed E-state index contributed by atoms with van der Waals surface area (Å²) >= 11 is 0. The van der Waals surface area contributed by atoms with Crippen LogP contribution in [0.5, 0.6) is 0 Å². The Hall–Kier alpha value is -2.59. The molecule has 0 saturated carbocycles. The maximum atomic E-state index is 12.5. The Morgan fingerprint density at radius 1 is 1.08 bits per heavy atom. The van der Waals surface area contributed by atoms with Crippen LogP contribution in [-0.4, -0.2) is 23.2 Å². The second-order valence-electron chi connectivity index (χ2n) is 6.46. The van der Waals surface area contributed by atoms with Gasteiger partial charge >= 0.3 is 0 Å². The van der Waals surface area contributed by atoms with Crippen LogP contribution in [0.1, 0.15) is 31.1 Å². The molecule has 0 bridgehead atoms. The van der Waals surface area contributed by atoms with Crippen molar-refractivity contribution < 1.29 is 14.3 Å². The molecule has 3 rings (SSSR count). The lowest BCUT2D eigenvalue weighted by molar-refractivity contribution is -0.123. The van der Waals surface area contributed by atoms with Crippen LogP contribution >= 0.6 is 0 Å². The quantitative estimate of drug-likeness (QED) is 0.722. The number of aliphatic hydroxyl groups is 1. The Balaban J connectivity index is 1.62. The molecular weight excluding hydrogens is 314 g/mol. The summed E-state index contributed by atoms with van der Waals surface area (Å²) in [5.41, 5.74) is 1.82. The second kappa shape index (κ2) is 7.53. The van der Waals surface area contributed by atoms with Gasteiger partial charge in [-0.3, -0.25) is 4.79 Å². The van der Waals surface area contributed by atoms with Gasteiger partial charge in [-0.25, -0.2) is 0 Å².